The third kappa shape index (κ3) is 6.42. The number of fused-ring (bicyclic) bond motifs is 8. The summed E-state index contributed by atoms with van der Waals surface area (Å²) in [5.74, 6) is 0. The first-order valence-corrected chi connectivity index (χ1v) is 24.5. The summed E-state index contributed by atoms with van der Waals surface area (Å²) in [6.45, 7) is 0. The van der Waals surface area contributed by atoms with Crippen molar-refractivity contribution in [2.24, 2.45) is 0 Å². The zero-order chi connectivity index (χ0) is 46.9. The Labute approximate surface area is 413 Å². The highest BCUT2D eigenvalue weighted by Gasteiger charge is 2.46. The Bertz CT molecular complexity index is 4100. The molecule has 0 unspecified atom stereocenters. The predicted molar refractivity (Wildman–Crippen MR) is 297 cm³/mol. The summed E-state index contributed by atoms with van der Waals surface area (Å²) >= 11 is 0. The highest BCUT2D eigenvalue weighted by molar-refractivity contribution is 6.18. The summed E-state index contributed by atoms with van der Waals surface area (Å²) < 4.78 is 6.96. The van der Waals surface area contributed by atoms with Gasteiger partial charge in [-0.1, -0.05) is 224 Å². The maximum atomic E-state index is 6.96. The number of rotatable bonds is 8. The summed E-state index contributed by atoms with van der Waals surface area (Å²) in [5.41, 5.74) is 19.0. The summed E-state index contributed by atoms with van der Waals surface area (Å²) in [4.78, 5) is 2.41. The van der Waals surface area contributed by atoms with Gasteiger partial charge in [0, 0.05) is 22.3 Å². The number of furan rings is 1. The number of hydrogen-bond donors (Lipinski definition) is 0. The quantitative estimate of drug-likeness (QED) is 0.151. The number of anilines is 3. The van der Waals surface area contributed by atoms with Crippen molar-refractivity contribution in [3.63, 3.8) is 0 Å². The van der Waals surface area contributed by atoms with Crippen molar-refractivity contribution >= 4 is 60.5 Å². The minimum atomic E-state index is -0.476. The van der Waals surface area contributed by atoms with Gasteiger partial charge >= 0.3 is 0 Å². The van der Waals surface area contributed by atoms with Gasteiger partial charge in [-0.05, 0) is 131 Å². The smallest absolute Gasteiger partial charge is 0.145 e. The molecule has 1 heterocycles. The number of hydrogen-bond acceptors (Lipinski definition) is 2. The van der Waals surface area contributed by atoms with Crippen LogP contribution in [0.3, 0.4) is 0 Å². The number of nitrogens with zero attached hydrogens (tertiary/aromatic N) is 1. The first-order valence-electron chi connectivity index (χ1n) is 24.5. The lowest BCUT2D eigenvalue weighted by Crippen LogP contribution is -2.28. The number of para-hydroxylation sites is 1. The Hall–Kier alpha value is -9.24. The van der Waals surface area contributed by atoms with Crippen molar-refractivity contribution in [2.45, 2.75) is 5.41 Å². The molecule has 0 radical (unpaired) electrons. The molecule has 0 atom stereocenters. The molecule has 1 aliphatic carbocycles. The van der Waals surface area contributed by atoms with Crippen LogP contribution in [0.5, 0.6) is 0 Å². The van der Waals surface area contributed by atoms with E-state index in [1.807, 2.05) is 0 Å². The summed E-state index contributed by atoms with van der Waals surface area (Å²) in [7, 11) is 0. The van der Waals surface area contributed by atoms with E-state index in [2.05, 4.69) is 278 Å². The van der Waals surface area contributed by atoms with Crippen molar-refractivity contribution in [1.82, 2.24) is 0 Å². The zero-order valence-electron chi connectivity index (χ0n) is 38.8. The third-order valence-electron chi connectivity index (χ3n) is 15.0. The monoisotopic (exact) mass is 903 g/mol. The molecule has 2 heteroatoms. The second-order valence-electron chi connectivity index (χ2n) is 18.7. The molecule has 0 fully saturated rings. The van der Waals surface area contributed by atoms with Crippen molar-refractivity contribution in [2.75, 3.05) is 4.90 Å². The Morgan fingerprint density at radius 3 is 1.49 bits per heavy atom. The van der Waals surface area contributed by atoms with Crippen LogP contribution in [0.4, 0.5) is 17.1 Å². The summed E-state index contributed by atoms with van der Waals surface area (Å²) in [6, 6.07) is 99.7. The first kappa shape index (κ1) is 40.8. The normalized spacial score (nSPS) is 12.6. The van der Waals surface area contributed by atoms with Crippen LogP contribution in [0.2, 0.25) is 0 Å². The topological polar surface area (TPSA) is 16.4 Å². The van der Waals surface area contributed by atoms with Gasteiger partial charge in [0.05, 0.1) is 16.5 Å². The standard InChI is InChI=1S/C69H45NO/c1-3-21-51(22-4-1)69(52-23-5-2-6-24-52)63-31-13-11-27-59(63)60-42-37-50(45-64(60)69)46-33-38-53(39-34-46)70(54-40-35-49(36-41-54)56-29-15-19-47-17-7-9-25-55(47)56)65-44-43-61(58-30-16-20-48-18-8-10-26-57(48)58)68-67(65)62-28-12-14-32-66(62)71-68/h1-45H. The molecule has 12 aromatic carbocycles. The fourth-order valence-corrected chi connectivity index (χ4v) is 11.8. The van der Waals surface area contributed by atoms with E-state index in [9.17, 15) is 0 Å². The van der Waals surface area contributed by atoms with Gasteiger partial charge in [0.2, 0.25) is 0 Å². The van der Waals surface area contributed by atoms with Crippen molar-refractivity contribution in [3.05, 3.63) is 295 Å². The molecule has 0 spiro atoms. The minimum absolute atomic E-state index is 0.476. The molecule has 0 aliphatic heterocycles. The van der Waals surface area contributed by atoms with Gasteiger partial charge < -0.3 is 9.32 Å². The van der Waals surface area contributed by atoms with Gasteiger partial charge in [-0.3, -0.25) is 0 Å². The van der Waals surface area contributed by atoms with E-state index in [-0.39, 0.29) is 0 Å². The Morgan fingerprint density at radius 2 is 0.803 bits per heavy atom. The molecule has 0 N–H and O–H groups in total. The zero-order valence-corrected chi connectivity index (χ0v) is 38.8. The Morgan fingerprint density at radius 1 is 0.310 bits per heavy atom. The maximum Gasteiger partial charge on any atom is 0.145 e. The molecule has 2 nitrogen and oxygen atoms in total. The highest BCUT2D eigenvalue weighted by atomic mass is 16.3. The molecular formula is C69H45NO. The predicted octanol–water partition coefficient (Wildman–Crippen LogP) is 18.7. The fourth-order valence-electron chi connectivity index (χ4n) is 11.8. The van der Waals surface area contributed by atoms with E-state index in [1.165, 1.54) is 71.6 Å². The molecular weight excluding hydrogens is 859 g/mol. The van der Waals surface area contributed by atoms with Crippen LogP contribution in [0, 0.1) is 0 Å². The van der Waals surface area contributed by atoms with E-state index in [4.69, 9.17) is 4.42 Å². The summed E-state index contributed by atoms with van der Waals surface area (Å²) in [6.07, 6.45) is 0. The van der Waals surface area contributed by atoms with Gasteiger partial charge in [-0.15, -0.1) is 0 Å². The molecule has 1 aliphatic rings. The first-order chi connectivity index (χ1) is 35.2. The second kappa shape index (κ2) is 16.5. The molecule has 0 saturated heterocycles. The van der Waals surface area contributed by atoms with E-state index in [1.54, 1.807) is 0 Å². The largest absolute Gasteiger partial charge is 0.455 e. The van der Waals surface area contributed by atoms with Gasteiger partial charge in [0.15, 0.2) is 0 Å². The average molecular weight is 904 g/mol. The third-order valence-corrected chi connectivity index (χ3v) is 15.0. The summed E-state index contributed by atoms with van der Waals surface area (Å²) in [5, 5.41) is 7.02. The lowest BCUT2D eigenvalue weighted by Gasteiger charge is -2.34. The lowest BCUT2D eigenvalue weighted by atomic mass is 9.67. The molecule has 71 heavy (non-hydrogen) atoms. The van der Waals surface area contributed by atoms with Crippen LogP contribution in [-0.4, -0.2) is 0 Å². The molecule has 13 aromatic rings. The van der Waals surface area contributed by atoms with Crippen LogP contribution in [0.15, 0.2) is 277 Å². The molecule has 0 bridgehead atoms. The SMILES string of the molecule is c1ccc(C2(c3ccccc3)c3ccccc3-c3ccc(-c4ccc(N(c5ccc(-c6cccc7ccccc67)cc5)c5ccc(-c6cccc7ccccc67)c6oc7ccccc7c56)cc4)cc32)cc1. The molecule has 0 amide bonds. The molecule has 1 aromatic heterocycles. The van der Waals surface area contributed by atoms with Crippen LogP contribution in [0.25, 0.3) is 88.0 Å². The van der Waals surface area contributed by atoms with Gasteiger partial charge in [-0.2, -0.15) is 0 Å². The second-order valence-corrected chi connectivity index (χ2v) is 18.7. The van der Waals surface area contributed by atoms with Crippen LogP contribution < -0.4 is 4.90 Å². The Balaban J connectivity index is 0.946. The van der Waals surface area contributed by atoms with Crippen LogP contribution in [-0.2, 0) is 5.41 Å². The molecule has 0 saturated carbocycles. The maximum absolute atomic E-state index is 6.96. The molecule has 332 valence electrons. The van der Waals surface area contributed by atoms with E-state index in [0.717, 1.165) is 55.7 Å². The number of benzene rings is 12. The van der Waals surface area contributed by atoms with E-state index < -0.39 is 5.41 Å². The average Bonchev–Trinajstić information content (AvgIpc) is 3.99. The van der Waals surface area contributed by atoms with Crippen molar-refractivity contribution in [1.29, 1.82) is 0 Å². The Kier molecular flexibility index (Phi) is 9.47. The van der Waals surface area contributed by atoms with E-state index >= 15 is 0 Å². The lowest BCUT2D eigenvalue weighted by molar-refractivity contribution is 0.670. The fraction of sp³-hybridized carbons (Fsp3) is 0.0145. The van der Waals surface area contributed by atoms with Gasteiger partial charge in [0.1, 0.15) is 11.2 Å². The van der Waals surface area contributed by atoms with Crippen LogP contribution >= 0.6 is 0 Å². The van der Waals surface area contributed by atoms with Gasteiger partial charge in [0.25, 0.3) is 0 Å². The minimum Gasteiger partial charge on any atom is -0.455 e. The highest BCUT2D eigenvalue weighted by Crippen LogP contribution is 2.57. The van der Waals surface area contributed by atoms with Crippen molar-refractivity contribution < 1.29 is 4.42 Å². The molecule has 14 rings (SSSR count). The van der Waals surface area contributed by atoms with Gasteiger partial charge in [-0.25, -0.2) is 0 Å². The van der Waals surface area contributed by atoms with Crippen molar-refractivity contribution in [3.8, 4) is 44.5 Å². The van der Waals surface area contributed by atoms with Crippen LogP contribution in [0.1, 0.15) is 22.3 Å². The van der Waals surface area contributed by atoms with E-state index in [0.29, 0.717) is 0 Å².